The van der Waals surface area contributed by atoms with Gasteiger partial charge in [0.05, 0.1) is 5.54 Å². The molecule has 38 heavy (non-hydrogen) atoms. The molecule has 3 amide bonds. The van der Waals surface area contributed by atoms with Gasteiger partial charge in [0.15, 0.2) is 0 Å². The number of unbranched alkanes of at least 4 members (excludes halogenated alkanes) is 1. The molecular weight excluding hydrogens is 500 g/mol. The SMILES string of the molecule is CNC[C@H](CC1CCCCC1)NC(=O)N1CCC[C@@H]([C@](CCCCOC)(NC(C)=O)c2cccc(Cl)c2)C1. The molecule has 3 atom stereocenters. The maximum absolute atomic E-state index is 13.6. The molecule has 214 valence electrons. The van der Waals surface area contributed by atoms with Gasteiger partial charge in [-0.2, -0.15) is 0 Å². The van der Waals surface area contributed by atoms with Crippen LogP contribution in [-0.4, -0.2) is 63.3 Å². The number of carbonyl (C=O) groups is 2. The van der Waals surface area contributed by atoms with Crippen molar-refractivity contribution in [3.63, 3.8) is 0 Å². The zero-order chi connectivity index (χ0) is 27.4. The van der Waals surface area contributed by atoms with Gasteiger partial charge in [-0.25, -0.2) is 4.79 Å². The van der Waals surface area contributed by atoms with E-state index in [1.54, 1.807) is 14.0 Å². The van der Waals surface area contributed by atoms with Crippen LogP contribution in [0.25, 0.3) is 0 Å². The summed E-state index contributed by atoms with van der Waals surface area (Å²) in [6, 6.07) is 7.98. The number of nitrogens with one attached hydrogen (secondary N) is 3. The van der Waals surface area contributed by atoms with Crippen LogP contribution in [-0.2, 0) is 15.1 Å². The highest BCUT2D eigenvalue weighted by Gasteiger charge is 2.43. The number of likely N-dealkylation sites (tertiary alicyclic amines) is 1. The molecule has 8 heteroatoms. The van der Waals surface area contributed by atoms with Gasteiger partial charge in [0.1, 0.15) is 0 Å². The lowest BCUT2D eigenvalue weighted by Crippen LogP contribution is -2.58. The van der Waals surface area contributed by atoms with Gasteiger partial charge in [-0.05, 0) is 69.2 Å². The third-order valence-corrected chi connectivity index (χ3v) is 8.67. The molecule has 0 radical (unpaired) electrons. The summed E-state index contributed by atoms with van der Waals surface area (Å²) in [7, 11) is 3.67. The Morgan fingerprint density at radius 3 is 2.63 bits per heavy atom. The third kappa shape index (κ3) is 8.85. The van der Waals surface area contributed by atoms with Gasteiger partial charge in [0, 0.05) is 57.3 Å². The Balaban J connectivity index is 1.79. The minimum atomic E-state index is -0.601. The van der Waals surface area contributed by atoms with Crippen LogP contribution in [0, 0.1) is 11.8 Å². The molecule has 1 aromatic rings. The second kappa shape index (κ2) is 15.7. The van der Waals surface area contributed by atoms with Gasteiger partial charge in [-0.3, -0.25) is 4.79 Å². The van der Waals surface area contributed by atoms with Crippen LogP contribution in [0.2, 0.25) is 5.02 Å². The molecule has 7 nitrogen and oxygen atoms in total. The van der Waals surface area contributed by atoms with Crippen molar-refractivity contribution in [1.29, 1.82) is 0 Å². The topological polar surface area (TPSA) is 82.7 Å². The minimum absolute atomic E-state index is 0.00737. The van der Waals surface area contributed by atoms with Gasteiger partial charge in [-0.15, -0.1) is 0 Å². The van der Waals surface area contributed by atoms with Crippen molar-refractivity contribution in [3.05, 3.63) is 34.9 Å². The van der Waals surface area contributed by atoms with Crippen molar-refractivity contribution in [2.45, 2.75) is 89.1 Å². The monoisotopic (exact) mass is 548 g/mol. The summed E-state index contributed by atoms with van der Waals surface area (Å²) in [5.74, 6) is 0.701. The van der Waals surface area contributed by atoms with Crippen LogP contribution in [0.5, 0.6) is 0 Å². The largest absolute Gasteiger partial charge is 0.385 e. The zero-order valence-corrected chi connectivity index (χ0v) is 24.5. The molecule has 1 aliphatic heterocycles. The maximum atomic E-state index is 13.6. The highest BCUT2D eigenvalue weighted by atomic mass is 35.5. The Morgan fingerprint density at radius 2 is 1.95 bits per heavy atom. The molecule has 1 aliphatic carbocycles. The maximum Gasteiger partial charge on any atom is 0.317 e. The van der Waals surface area contributed by atoms with E-state index in [2.05, 4.69) is 22.0 Å². The van der Waals surface area contributed by atoms with Gasteiger partial charge >= 0.3 is 6.03 Å². The molecule has 2 aliphatic rings. The highest BCUT2D eigenvalue weighted by molar-refractivity contribution is 6.30. The predicted octanol–water partition coefficient (Wildman–Crippen LogP) is 5.47. The molecule has 3 N–H and O–H groups in total. The normalized spacial score (nSPS) is 20.9. The molecule has 1 aromatic carbocycles. The van der Waals surface area contributed by atoms with E-state index in [9.17, 15) is 9.59 Å². The van der Waals surface area contributed by atoms with Crippen LogP contribution in [0.4, 0.5) is 4.79 Å². The van der Waals surface area contributed by atoms with E-state index in [0.717, 1.165) is 57.2 Å². The number of likely N-dealkylation sites (N-methyl/N-ethyl adjacent to an activating group) is 1. The molecule has 2 fully saturated rings. The van der Waals surface area contributed by atoms with E-state index in [1.807, 2.05) is 30.1 Å². The van der Waals surface area contributed by atoms with Gasteiger partial charge in [0.2, 0.25) is 5.91 Å². The number of hydrogen-bond acceptors (Lipinski definition) is 4. The standard InChI is InChI=1S/C30H49ClN4O3/c1-23(36)34-30(16-7-8-18-38-3,25-13-9-15-27(31)20-25)26-14-10-17-35(22-26)29(37)33-28(21-32-2)19-24-11-5-4-6-12-24/h9,13,15,20,24,26,28,32H,4-8,10-12,14,16-19,21-22H2,1-3H3,(H,33,37)(H,34,36)/t26-,28+,30-/m1/s1. The molecule has 1 heterocycles. The molecule has 0 unspecified atom stereocenters. The van der Waals surface area contributed by atoms with Crippen LogP contribution in [0.3, 0.4) is 0 Å². The van der Waals surface area contributed by atoms with E-state index >= 15 is 0 Å². The van der Waals surface area contributed by atoms with E-state index in [0.29, 0.717) is 24.1 Å². The van der Waals surface area contributed by atoms with Crippen molar-refractivity contribution in [3.8, 4) is 0 Å². The summed E-state index contributed by atoms with van der Waals surface area (Å²) in [4.78, 5) is 28.1. The fourth-order valence-electron chi connectivity index (χ4n) is 6.65. The zero-order valence-electron chi connectivity index (χ0n) is 23.7. The molecule has 1 saturated carbocycles. The first kappa shape index (κ1) is 30.7. The number of piperidine rings is 1. The van der Waals surface area contributed by atoms with Crippen LogP contribution < -0.4 is 16.0 Å². The summed E-state index contributed by atoms with van der Waals surface area (Å²) in [5, 5.41) is 10.6. The molecule has 0 aromatic heterocycles. The number of urea groups is 1. The summed E-state index contributed by atoms with van der Waals surface area (Å²) in [6.07, 6.45) is 11.9. The quantitative estimate of drug-likeness (QED) is 0.285. The lowest BCUT2D eigenvalue weighted by molar-refractivity contribution is -0.122. The van der Waals surface area contributed by atoms with Crippen LogP contribution in [0.1, 0.15) is 83.1 Å². The van der Waals surface area contributed by atoms with E-state index in [4.69, 9.17) is 16.3 Å². The average Bonchev–Trinajstić information content (AvgIpc) is 2.91. The van der Waals surface area contributed by atoms with Crippen molar-refractivity contribution in [1.82, 2.24) is 20.9 Å². The Hall–Kier alpha value is -1.83. The molecule has 1 saturated heterocycles. The fraction of sp³-hybridized carbons (Fsp3) is 0.733. The van der Waals surface area contributed by atoms with E-state index in [-0.39, 0.29) is 23.9 Å². The minimum Gasteiger partial charge on any atom is -0.385 e. The molecule has 0 bridgehead atoms. The van der Waals surface area contributed by atoms with E-state index < -0.39 is 5.54 Å². The van der Waals surface area contributed by atoms with Gasteiger partial charge in [0.25, 0.3) is 0 Å². The molecular formula is C30H49ClN4O3. The summed E-state index contributed by atoms with van der Waals surface area (Å²) in [6.45, 7) is 4.36. The van der Waals surface area contributed by atoms with Crippen LogP contribution >= 0.6 is 11.6 Å². The lowest BCUT2D eigenvalue weighted by atomic mass is 9.71. The van der Waals surface area contributed by atoms with E-state index in [1.165, 1.54) is 32.1 Å². The predicted molar refractivity (Wildman–Crippen MR) is 154 cm³/mol. The lowest BCUT2D eigenvalue weighted by Gasteiger charge is -2.46. The van der Waals surface area contributed by atoms with Crippen molar-refractivity contribution >= 4 is 23.5 Å². The number of amides is 3. The number of nitrogens with zero attached hydrogens (tertiary/aromatic N) is 1. The Bertz CT molecular complexity index is 879. The first-order valence-corrected chi connectivity index (χ1v) is 15.0. The Kier molecular flexibility index (Phi) is 12.7. The summed E-state index contributed by atoms with van der Waals surface area (Å²) >= 11 is 6.44. The molecule has 0 spiro atoms. The number of halogens is 1. The molecule has 3 rings (SSSR count). The average molecular weight is 549 g/mol. The fourth-order valence-corrected chi connectivity index (χ4v) is 6.84. The number of benzene rings is 1. The smallest absolute Gasteiger partial charge is 0.317 e. The number of carbonyl (C=O) groups excluding carboxylic acids is 2. The van der Waals surface area contributed by atoms with Crippen molar-refractivity contribution in [2.24, 2.45) is 11.8 Å². The first-order chi connectivity index (χ1) is 18.4. The Labute approximate surface area is 234 Å². The summed E-state index contributed by atoms with van der Waals surface area (Å²) in [5.41, 5.74) is 0.408. The van der Waals surface area contributed by atoms with Crippen LogP contribution in [0.15, 0.2) is 24.3 Å². The third-order valence-electron chi connectivity index (χ3n) is 8.43. The number of rotatable bonds is 13. The highest BCUT2D eigenvalue weighted by Crippen LogP contribution is 2.41. The summed E-state index contributed by atoms with van der Waals surface area (Å²) < 4.78 is 5.29. The Morgan fingerprint density at radius 1 is 1.16 bits per heavy atom. The first-order valence-electron chi connectivity index (χ1n) is 14.6. The van der Waals surface area contributed by atoms with Gasteiger partial charge < -0.3 is 25.6 Å². The van der Waals surface area contributed by atoms with Crippen molar-refractivity contribution < 1.29 is 14.3 Å². The second-order valence-electron chi connectivity index (χ2n) is 11.3. The van der Waals surface area contributed by atoms with Crippen molar-refractivity contribution in [2.75, 3.05) is 40.4 Å². The number of ether oxygens (including phenoxy) is 1. The number of methoxy groups -OCH3 is 1. The number of hydrogen-bond donors (Lipinski definition) is 3. The second-order valence-corrected chi connectivity index (χ2v) is 11.8. The van der Waals surface area contributed by atoms with Gasteiger partial charge in [-0.1, -0.05) is 55.8 Å².